The Kier molecular flexibility index (Phi) is 8.50. The highest BCUT2D eigenvalue weighted by Crippen LogP contribution is 2.36. The Bertz CT molecular complexity index is 1230. The van der Waals surface area contributed by atoms with Crippen LogP contribution >= 0.6 is 27.5 Å². The smallest absolute Gasteiger partial charge is 0.339 e. The molecule has 0 heterocycles. The molecule has 0 radical (unpaired) electrons. The molecule has 176 valence electrons. The number of hydrogen-bond acceptors (Lipinski definition) is 5. The van der Waals surface area contributed by atoms with Gasteiger partial charge in [-0.25, -0.2) is 15.0 Å². The molecule has 8 nitrogen and oxygen atoms in total. The number of carboxylic acid groups (broad SMARTS) is 1. The predicted octanol–water partition coefficient (Wildman–Crippen LogP) is 5.85. The number of rotatable bonds is 8. The van der Waals surface area contributed by atoms with Crippen LogP contribution in [0.1, 0.15) is 27.0 Å². The Labute approximate surface area is 209 Å². The van der Waals surface area contributed by atoms with Crippen molar-refractivity contribution in [3.8, 4) is 11.5 Å². The van der Waals surface area contributed by atoms with E-state index in [0.717, 1.165) is 15.6 Å². The Morgan fingerprint density at radius 2 is 1.88 bits per heavy atom. The van der Waals surface area contributed by atoms with Gasteiger partial charge in [-0.15, -0.1) is 0 Å². The molecule has 3 rings (SSSR count). The molecule has 10 heteroatoms. The molecule has 3 N–H and O–H groups in total. The van der Waals surface area contributed by atoms with E-state index >= 15 is 0 Å². The van der Waals surface area contributed by atoms with E-state index < -0.39 is 12.0 Å². The molecule has 0 saturated carbocycles. The van der Waals surface area contributed by atoms with Crippen LogP contribution in [0.4, 0.5) is 10.5 Å². The molecule has 2 amide bonds. The maximum atomic E-state index is 12.1. The summed E-state index contributed by atoms with van der Waals surface area (Å²) < 4.78 is 12.1. The summed E-state index contributed by atoms with van der Waals surface area (Å²) in [5.41, 5.74) is 5.56. The Morgan fingerprint density at radius 1 is 1.15 bits per heavy atom. The zero-order valence-corrected chi connectivity index (χ0v) is 20.6. The third-order valence-corrected chi connectivity index (χ3v) is 5.80. The van der Waals surface area contributed by atoms with Gasteiger partial charge in [0.1, 0.15) is 6.61 Å². The number of benzene rings is 3. The highest BCUT2D eigenvalue weighted by Gasteiger charge is 2.12. The lowest BCUT2D eigenvalue weighted by Gasteiger charge is -2.13. The van der Waals surface area contributed by atoms with E-state index in [4.69, 9.17) is 26.2 Å². The van der Waals surface area contributed by atoms with Crippen LogP contribution in [0.5, 0.6) is 11.5 Å². The number of carbonyl (C=O) groups is 2. The number of amides is 2. The van der Waals surface area contributed by atoms with Gasteiger partial charge >= 0.3 is 12.0 Å². The normalized spacial score (nSPS) is 10.7. The average molecular weight is 547 g/mol. The van der Waals surface area contributed by atoms with Gasteiger partial charge in [0.25, 0.3) is 0 Å². The largest absolute Gasteiger partial charge is 0.493 e. The zero-order valence-electron chi connectivity index (χ0n) is 18.3. The minimum Gasteiger partial charge on any atom is -0.493 e. The number of methoxy groups -OCH3 is 1. The predicted molar refractivity (Wildman–Crippen MR) is 134 cm³/mol. The van der Waals surface area contributed by atoms with E-state index in [-0.39, 0.29) is 17.2 Å². The summed E-state index contributed by atoms with van der Waals surface area (Å²) in [6, 6.07) is 14.6. The summed E-state index contributed by atoms with van der Waals surface area (Å²) in [7, 11) is 1.48. The van der Waals surface area contributed by atoms with Crippen LogP contribution in [0.3, 0.4) is 0 Å². The third-order valence-electron chi connectivity index (χ3n) is 4.63. The van der Waals surface area contributed by atoms with Gasteiger partial charge in [0.2, 0.25) is 0 Å². The summed E-state index contributed by atoms with van der Waals surface area (Å²) in [5.74, 6) is -0.282. The number of carboxylic acids is 1. The first-order chi connectivity index (χ1) is 16.3. The molecule has 0 bridgehead atoms. The van der Waals surface area contributed by atoms with Crippen LogP contribution in [0, 0.1) is 6.92 Å². The zero-order chi connectivity index (χ0) is 24.7. The maximum Gasteiger partial charge on any atom is 0.339 e. The van der Waals surface area contributed by atoms with E-state index in [9.17, 15) is 9.59 Å². The van der Waals surface area contributed by atoms with Crippen molar-refractivity contribution in [1.82, 2.24) is 5.43 Å². The van der Waals surface area contributed by atoms with Crippen molar-refractivity contribution in [3.63, 3.8) is 0 Å². The summed E-state index contributed by atoms with van der Waals surface area (Å²) >= 11 is 9.79. The minimum atomic E-state index is -0.996. The molecular formula is C24H21BrClN3O5. The van der Waals surface area contributed by atoms with Crippen molar-refractivity contribution < 1.29 is 24.2 Å². The number of nitrogens with one attached hydrogen (secondary N) is 2. The highest BCUT2D eigenvalue weighted by atomic mass is 79.9. The summed E-state index contributed by atoms with van der Waals surface area (Å²) in [4.78, 5) is 23.0. The Balaban J connectivity index is 1.62. The molecule has 0 aliphatic rings. The van der Waals surface area contributed by atoms with E-state index in [1.165, 1.54) is 25.5 Å². The molecule has 3 aromatic carbocycles. The van der Waals surface area contributed by atoms with Gasteiger partial charge in [-0.05, 0) is 66.1 Å². The SMILES string of the molecule is COc1cc(/C=N/NC(=O)Nc2ccc(Br)c(C)c2)cc(Cl)c1OCc1ccc(C(=O)O)cc1. The molecular weight excluding hydrogens is 526 g/mol. The molecule has 0 atom stereocenters. The lowest BCUT2D eigenvalue weighted by atomic mass is 10.1. The minimum absolute atomic E-state index is 0.167. The van der Waals surface area contributed by atoms with Gasteiger partial charge in [-0.3, -0.25) is 0 Å². The first kappa shape index (κ1) is 25.1. The van der Waals surface area contributed by atoms with Crippen LogP contribution in [-0.4, -0.2) is 30.4 Å². The second-order valence-corrected chi connectivity index (χ2v) is 8.37. The second kappa shape index (κ2) is 11.5. The summed E-state index contributed by atoms with van der Waals surface area (Å²) in [6.07, 6.45) is 1.43. The molecule has 0 aliphatic carbocycles. The van der Waals surface area contributed by atoms with Crippen molar-refractivity contribution in [2.24, 2.45) is 5.10 Å². The number of halogens is 2. The number of hydrazone groups is 1. The maximum absolute atomic E-state index is 12.1. The molecule has 0 aromatic heterocycles. The number of carbonyl (C=O) groups excluding carboxylic acids is 1. The first-order valence-corrected chi connectivity index (χ1v) is 11.1. The van der Waals surface area contributed by atoms with Crippen molar-refractivity contribution in [2.45, 2.75) is 13.5 Å². The number of aromatic carboxylic acids is 1. The number of anilines is 1. The van der Waals surface area contributed by atoms with Gasteiger partial charge in [0.15, 0.2) is 11.5 Å². The topological polar surface area (TPSA) is 109 Å². The number of hydrogen-bond donors (Lipinski definition) is 3. The number of urea groups is 1. The summed E-state index contributed by atoms with van der Waals surface area (Å²) in [6.45, 7) is 2.09. The number of nitrogens with zero attached hydrogens (tertiary/aromatic N) is 1. The van der Waals surface area contributed by atoms with Crippen LogP contribution < -0.4 is 20.2 Å². The van der Waals surface area contributed by atoms with Crippen molar-refractivity contribution in [3.05, 3.63) is 86.3 Å². The van der Waals surface area contributed by atoms with E-state index in [1.807, 2.05) is 19.1 Å². The summed E-state index contributed by atoms with van der Waals surface area (Å²) in [5, 5.41) is 15.9. The number of aryl methyl sites for hydroxylation is 1. The Morgan fingerprint density at radius 3 is 2.53 bits per heavy atom. The van der Waals surface area contributed by atoms with E-state index in [1.54, 1.807) is 30.3 Å². The molecule has 0 unspecified atom stereocenters. The lowest BCUT2D eigenvalue weighted by molar-refractivity contribution is 0.0696. The van der Waals surface area contributed by atoms with Crippen molar-refractivity contribution in [1.29, 1.82) is 0 Å². The fourth-order valence-electron chi connectivity index (χ4n) is 2.90. The van der Waals surface area contributed by atoms with Gasteiger partial charge in [0, 0.05) is 10.2 Å². The molecule has 0 spiro atoms. The van der Waals surface area contributed by atoms with Crippen LogP contribution in [0.15, 0.2) is 64.2 Å². The molecule has 0 aliphatic heterocycles. The molecule has 3 aromatic rings. The third kappa shape index (κ3) is 6.72. The van der Waals surface area contributed by atoms with Crippen molar-refractivity contribution >= 4 is 51.4 Å². The van der Waals surface area contributed by atoms with Crippen LogP contribution in [-0.2, 0) is 6.61 Å². The monoisotopic (exact) mass is 545 g/mol. The van der Waals surface area contributed by atoms with Gasteiger partial charge < -0.3 is 19.9 Å². The van der Waals surface area contributed by atoms with Crippen LogP contribution in [0.2, 0.25) is 5.02 Å². The average Bonchev–Trinajstić information content (AvgIpc) is 2.80. The van der Waals surface area contributed by atoms with Gasteiger partial charge in [0.05, 0.1) is 23.9 Å². The van der Waals surface area contributed by atoms with E-state index in [2.05, 4.69) is 31.8 Å². The van der Waals surface area contributed by atoms with Gasteiger partial charge in [-0.2, -0.15) is 5.10 Å². The fraction of sp³-hybridized carbons (Fsp3) is 0.125. The molecule has 0 fully saturated rings. The standard InChI is InChI=1S/C24H21BrClN3O5/c1-14-9-18(7-8-19(14)25)28-24(32)29-27-12-16-10-20(26)22(21(11-16)33-2)34-13-15-3-5-17(6-4-15)23(30)31/h3-12H,13H2,1-2H3,(H,30,31)(H2,28,29,32)/b27-12+. The van der Waals surface area contributed by atoms with E-state index in [0.29, 0.717) is 22.7 Å². The second-order valence-electron chi connectivity index (χ2n) is 7.11. The Hall–Kier alpha value is -3.56. The lowest BCUT2D eigenvalue weighted by Crippen LogP contribution is -2.24. The quantitative estimate of drug-likeness (QED) is 0.242. The first-order valence-electron chi connectivity index (χ1n) is 9.95. The number of ether oxygens (including phenoxy) is 2. The van der Waals surface area contributed by atoms with Crippen LogP contribution in [0.25, 0.3) is 0 Å². The fourth-order valence-corrected chi connectivity index (χ4v) is 3.42. The van der Waals surface area contributed by atoms with Crippen molar-refractivity contribution in [2.75, 3.05) is 12.4 Å². The van der Waals surface area contributed by atoms with Gasteiger partial charge in [-0.1, -0.05) is 39.7 Å². The highest BCUT2D eigenvalue weighted by molar-refractivity contribution is 9.10. The molecule has 0 saturated heterocycles. The molecule has 34 heavy (non-hydrogen) atoms.